The number of benzene rings is 1. The number of anilines is 1. The summed E-state index contributed by atoms with van der Waals surface area (Å²) in [5, 5.41) is 0. The monoisotopic (exact) mass is 357 g/mol. The summed E-state index contributed by atoms with van der Waals surface area (Å²) in [7, 11) is 0. The molecule has 1 saturated heterocycles. The zero-order valence-electron chi connectivity index (χ0n) is 14.9. The number of unbranched alkanes of at least 4 members (excludes halogenated alkanes) is 1. The largest absolute Gasteiger partial charge is 0.416 e. The minimum absolute atomic E-state index is 0.159. The van der Waals surface area contributed by atoms with Crippen molar-refractivity contribution < 1.29 is 22.7 Å². The normalized spacial score (nSPS) is 14.5. The van der Waals surface area contributed by atoms with Crippen LogP contribution in [-0.4, -0.2) is 32.1 Å². The zero-order chi connectivity index (χ0) is 18.9. The van der Waals surface area contributed by atoms with Crippen LogP contribution in [0.5, 0.6) is 0 Å². The number of allylic oxidation sites excluding steroid dienone is 1. The number of carbonyl (C=O) groups excluding carboxylic acids is 1. The Morgan fingerprint density at radius 3 is 2.44 bits per heavy atom. The number of hydrogen-bond donors (Lipinski definition) is 0. The number of hydrogen-bond acceptors (Lipinski definition) is 3. The van der Waals surface area contributed by atoms with Crippen LogP contribution in [0.25, 0.3) is 0 Å². The van der Waals surface area contributed by atoms with E-state index in [1.165, 1.54) is 12.1 Å². The van der Waals surface area contributed by atoms with Crippen LogP contribution in [0, 0.1) is 6.92 Å². The quantitative estimate of drug-likeness (QED) is 0.710. The molecule has 0 spiro atoms. The van der Waals surface area contributed by atoms with Gasteiger partial charge in [-0.2, -0.15) is 13.2 Å². The highest BCUT2D eigenvalue weighted by Gasteiger charge is 2.31. The van der Waals surface area contributed by atoms with Gasteiger partial charge in [0.2, 0.25) is 0 Å². The maximum absolute atomic E-state index is 12.5. The van der Waals surface area contributed by atoms with Gasteiger partial charge in [-0.25, -0.2) is 0 Å². The summed E-state index contributed by atoms with van der Waals surface area (Å²) in [5.74, 6) is 0.159. The Labute approximate surface area is 147 Å². The molecule has 3 nitrogen and oxygen atoms in total. The molecule has 0 aromatic heterocycles. The van der Waals surface area contributed by atoms with Crippen molar-refractivity contribution in [3.05, 3.63) is 42.0 Å². The molecule has 0 unspecified atom stereocenters. The third kappa shape index (κ3) is 7.30. The topological polar surface area (TPSA) is 29.5 Å². The number of ketones is 1. The van der Waals surface area contributed by atoms with Crippen molar-refractivity contribution >= 4 is 11.5 Å². The minimum Gasteiger partial charge on any atom is -0.378 e. The SMILES string of the molecule is C=CC(=O)CCCC.Cc1cc(C(F)(F)F)ccc1N1CCOCC1. The van der Waals surface area contributed by atoms with Gasteiger partial charge < -0.3 is 9.64 Å². The lowest BCUT2D eigenvalue weighted by atomic mass is 10.1. The average Bonchev–Trinajstić information content (AvgIpc) is 2.60. The number of morpholine rings is 1. The molecule has 25 heavy (non-hydrogen) atoms. The van der Waals surface area contributed by atoms with Gasteiger partial charge in [0.1, 0.15) is 0 Å². The van der Waals surface area contributed by atoms with E-state index in [0.29, 0.717) is 25.2 Å². The Morgan fingerprint density at radius 2 is 1.96 bits per heavy atom. The molecule has 1 aromatic carbocycles. The van der Waals surface area contributed by atoms with Crippen LogP contribution in [0.3, 0.4) is 0 Å². The van der Waals surface area contributed by atoms with E-state index in [-0.39, 0.29) is 5.78 Å². The molecule has 1 aliphatic heterocycles. The molecular formula is C19H26F3NO2. The first kappa shape index (κ1) is 21.2. The molecule has 6 heteroatoms. The maximum Gasteiger partial charge on any atom is 0.416 e. The third-order valence-corrected chi connectivity index (χ3v) is 3.88. The van der Waals surface area contributed by atoms with Crippen molar-refractivity contribution in [2.24, 2.45) is 0 Å². The number of halogens is 3. The average molecular weight is 357 g/mol. The lowest BCUT2D eigenvalue weighted by molar-refractivity contribution is -0.137. The molecule has 1 heterocycles. The van der Waals surface area contributed by atoms with E-state index >= 15 is 0 Å². The fourth-order valence-corrected chi connectivity index (χ4v) is 2.44. The Morgan fingerprint density at radius 1 is 1.32 bits per heavy atom. The Kier molecular flexibility index (Phi) is 8.69. The van der Waals surface area contributed by atoms with E-state index in [2.05, 4.69) is 18.4 Å². The molecule has 0 atom stereocenters. The smallest absolute Gasteiger partial charge is 0.378 e. The Hall–Kier alpha value is -1.82. The van der Waals surface area contributed by atoms with Crippen LogP contribution in [0.1, 0.15) is 37.3 Å². The fraction of sp³-hybridized carbons (Fsp3) is 0.526. The van der Waals surface area contributed by atoms with Crippen molar-refractivity contribution in [2.75, 3.05) is 31.2 Å². The van der Waals surface area contributed by atoms with Crippen LogP contribution >= 0.6 is 0 Å². The lowest BCUT2D eigenvalue weighted by Gasteiger charge is -2.30. The first-order chi connectivity index (χ1) is 11.8. The molecule has 1 aliphatic rings. The molecule has 0 radical (unpaired) electrons. The van der Waals surface area contributed by atoms with Gasteiger partial charge >= 0.3 is 6.18 Å². The van der Waals surface area contributed by atoms with E-state index in [1.54, 1.807) is 13.0 Å². The predicted molar refractivity (Wildman–Crippen MR) is 93.9 cm³/mol. The third-order valence-electron chi connectivity index (χ3n) is 3.88. The van der Waals surface area contributed by atoms with Gasteiger partial charge in [-0.05, 0) is 43.2 Å². The van der Waals surface area contributed by atoms with Gasteiger partial charge in [0.05, 0.1) is 18.8 Å². The Balaban J connectivity index is 0.000000333. The molecule has 0 amide bonds. The molecule has 0 N–H and O–H groups in total. The molecule has 140 valence electrons. The summed E-state index contributed by atoms with van der Waals surface area (Å²) < 4.78 is 42.7. The molecule has 1 fully saturated rings. The van der Waals surface area contributed by atoms with Crippen molar-refractivity contribution in [2.45, 2.75) is 39.3 Å². The predicted octanol–water partition coefficient (Wildman–Crippen LogP) is 4.78. The van der Waals surface area contributed by atoms with Gasteiger partial charge in [-0.1, -0.05) is 19.9 Å². The zero-order valence-corrected chi connectivity index (χ0v) is 14.9. The van der Waals surface area contributed by atoms with Gasteiger partial charge in [0.15, 0.2) is 5.78 Å². The Bertz CT molecular complexity index is 564. The number of carbonyl (C=O) groups is 1. The molecule has 0 aliphatic carbocycles. The summed E-state index contributed by atoms with van der Waals surface area (Å²) in [5.41, 5.74) is 0.926. The summed E-state index contributed by atoms with van der Waals surface area (Å²) in [6, 6.07) is 3.88. The highest BCUT2D eigenvalue weighted by Crippen LogP contribution is 2.32. The minimum atomic E-state index is -4.27. The molecule has 0 saturated carbocycles. The van der Waals surface area contributed by atoms with Crippen LogP contribution < -0.4 is 4.90 Å². The van der Waals surface area contributed by atoms with Gasteiger partial charge in [0, 0.05) is 25.2 Å². The first-order valence-corrected chi connectivity index (χ1v) is 8.45. The van der Waals surface area contributed by atoms with Gasteiger partial charge in [-0.15, -0.1) is 0 Å². The summed E-state index contributed by atoms with van der Waals surface area (Å²) in [6.07, 6.45) is -0.144. The number of nitrogens with zero attached hydrogens (tertiary/aromatic N) is 1. The van der Waals surface area contributed by atoms with Crippen LogP contribution in [0.4, 0.5) is 18.9 Å². The first-order valence-electron chi connectivity index (χ1n) is 8.45. The van der Waals surface area contributed by atoms with Crippen molar-refractivity contribution in [3.63, 3.8) is 0 Å². The summed E-state index contributed by atoms with van der Waals surface area (Å²) in [6.45, 7) is 9.85. The van der Waals surface area contributed by atoms with E-state index in [4.69, 9.17) is 4.74 Å². The van der Waals surface area contributed by atoms with Crippen LogP contribution in [0.2, 0.25) is 0 Å². The second-order valence-corrected chi connectivity index (χ2v) is 5.87. The van der Waals surface area contributed by atoms with E-state index in [0.717, 1.165) is 37.7 Å². The van der Waals surface area contributed by atoms with Crippen LogP contribution in [-0.2, 0) is 15.7 Å². The van der Waals surface area contributed by atoms with Gasteiger partial charge in [-0.3, -0.25) is 4.79 Å². The summed E-state index contributed by atoms with van der Waals surface area (Å²) >= 11 is 0. The fourth-order valence-electron chi connectivity index (χ4n) is 2.44. The molecular weight excluding hydrogens is 331 g/mol. The van der Waals surface area contributed by atoms with Crippen molar-refractivity contribution in [1.29, 1.82) is 0 Å². The molecule has 1 aromatic rings. The molecule has 0 bridgehead atoms. The van der Waals surface area contributed by atoms with E-state index in [1.807, 2.05) is 0 Å². The van der Waals surface area contributed by atoms with E-state index in [9.17, 15) is 18.0 Å². The van der Waals surface area contributed by atoms with Crippen LogP contribution in [0.15, 0.2) is 30.9 Å². The number of aryl methyl sites for hydroxylation is 1. The second kappa shape index (κ2) is 10.2. The lowest BCUT2D eigenvalue weighted by Crippen LogP contribution is -2.36. The number of alkyl halides is 3. The number of ether oxygens (including phenoxy) is 1. The summed E-state index contributed by atoms with van der Waals surface area (Å²) in [4.78, 5) is 12.5. The van der Waals surface area contributed by atoms with Crippen molar-refractivity contribution in [3.8, 4) is 0 Å². The highest BCUT2D eigenvalue weighted by atomic mass is 19.4. The number of rotatable bonds is 5. The second-order valence-electron chi connectivity index (χ2n) is 5.87. The highest BCUT2D eigenvalue weighted by molar-refractivity contribution is 5.88. The van der Waals surface area contributed by atoms with Gasteiger partial charge in [0.25, 0.3) is 0 Å². The standard InChI is InChI=1S/C12H14F3NO.C7H12O/c1-9-8-10(12(13,14)15)2-3-11(9)16-4-6-17-7-5-16;1-3-5-6-7(8)4-2/h2-3,8H,4-7H2,1H3;4H,2-3,5-6H2,1H3. The maximum atomic E-state index is 12.5. The van der Waals surface area contributed by atoms with E-state index < -0.39 is 11.7 Å². The van der Waals surface area contributed by atoms with Crippen molar-refractivity contribution in [1.82, 2.24) is 0 Å². The molecule has 2 rings (SSSR count).